The van der Waals surface area contributed by atoms with Crippen molar-refractivity contribution in [3.63, 3.8) is 0 Å². The fourth-order valence-electron chi connectivity index (χ4n) is 1.41. The van der Waals surface area contributed by atoms with E-state index in [1.165, 1.54) is 24.3 Å². The van der Waals surface area contributed by atoms with Crippen molar-refractivity contribution in [2.24, 2.45) is 0 Å². The third-order valence-electron chi connectivity index (χ3n) is 2.33. The Morgan fingerprint density at radius 1 is 1.27 bits per heavy atom. The topological polar surface area (TPSA) is 77.3 Å². The normalized spacial score (nSPS) is 16.3. The average molecular weight is 227 g/mol. The molecule has 1 aromatic carbocycles. The highest BCUT2D eigenvalue weighted by molar-refractivity contribution is 7.92. The van der Waals surface area contributed by atoms with Crippen LogP contribution in [0.15, 0.2) is 29.2 Å². The predicted molar refractivity (Wildman–Crippen MR) is 53.3 cm³/mol. The molecule has 0 N–H and O–H groups in total. The van der Waals surface area contributed by atoms with Gasteiger partial charge in [0.2, 0.25) is 0 Å². The van der Waals surface area contributed by atoms with Crippen molar-refractivity contribution in [2.75, 3.05) is 0 Å². The lowest BCUT2D eigenvalue weighted by Crippen LogP contribution is -2.09. The van der Waals surface area contributed by atoms with Gasteiger partial charge in [0.15, 0.2) is 9.84 Å². The Morgan fingerprint density at radius 2 is 1.87 bits per heavy atom. The van der Waals surface area contributed by atoms with Gasteiger partial charge in [-0.1, -0.05) is 12.1 Å². The van der Waals surface area contributed by atoms with Gasteiger partial charge in [0.05, 0.1) is 10.2 Å². The molecule has 0 radical (unpaired) electrons. The number of rotatable bonds is 3. The first-order valence-corrected chi connectivity index (χ1v) is 6.05. The van der Waals surface area contributed by atoms with Gasteiger partial charge in [0, 0.05) is 6.07 Å². The molecule has 0 amide bonds. The SMILES string of the molecule is O=[N+]([O-])c1ccccc1S(=O)(=O)C1CC1. The van der Waals surface area contributed by atoms with Gasteiger partial charge in [-0.3, -0.25) is 10.1 Å². The van der Waals surface area contributed by atoms with Crippen molar-refractivity contribution >= 4 is 15.5 Å². The van der Waals surface area contributed by atoms with E-state index in [9.17, 15) is 18.5 Å². The lowest BCUT2D eigenvalue weighted by molar-refractivity contribution is -0.387. The van der Waals surface area contributed by atoms with Crippen LogP contribution >= 0.6 is 0 Å². The summed E-state index contributed by atoms with van der Waals surface area (Å²) >= 11 is 0. The van der Waals surface area contributed by atoms with E-state index < -0.39 is 20.0 Å². The highest BCUT2D eigenvalue weighted by Crippen LogP contribution is 2.36. The number of nitro groups is 1. The molecule has 1 saturated carbocycles. The van der Waals surface area contributed by atoms with Crippen molar-refractivity contribution in [2.45, 2.75) is 23.0 Å². The maximum Gasteiger partial charge on any atom is 0.287 e. The molecule has 0 saturated heterocycles. The highest BCUT2D eigenvalue weighted by Gasteiger charge is 2.40. The second kappa shape index (κ2) is 3.30. The molecule has 0 heterocycles. The summed E-state index contributed by atoms with van der Waals surface area (Å²) in [7, 11) is -3.48. The van der Waals surface area contributed by atoms with E-state index >= 15 is 0 Å². The van der Waals surface area contributed by atoms with E-state index in [2.05, 4.69) is 0 Å². The predicted octanol–water partition coefficient (Wildman–Crippen LogP) is 1.53. The zero-order valence-corrected chi connectivity index (χ0v) is 8.61. The molecule has 0 unspecified atom stereocenters. The molecule has 0 aliphatic heterocycles. The van der Waals surface area contributed by atoms with Crippen LogP contribution in [0.2, 0.25) is 0 Å². The number of nitro benzene ring substituents is 1. The lowest BCUT2D eigenvalue weighted by atomic mass is 10.3. The van der Waals surface area contributed by atoms with Crippen molar-refractivity contribution < 1.29 is 13.3 Å². The Morgan fingerprint density at radius 3 is 2.40 bits per heavy atom. The summed E-state index contributed by atoms with van der Waals surface area (Å²) in [5, 5.41) is 10.2. The summed E-state index contributed by atoms with van der Waals surface area (Å²) in [6.45, 7) is 0. The van der Waals surface area contributed by atoms with E-state index in [1.54, 1.807) is 0 Å². The first-order chi connectivity index (χ1) is 7.03. The van der Waals surface area contributed by atoms with Crippen LogP contribution < -0.4 is 0 Å². The number of para-hydroxylation sites is 1. The van der Waals surface area contributed by atoms with E-state index in [0.29, 0.717) is 12.8 Å². The molecular weight excluding hydrogens is 218 g/mol. The van der Waals surface area contributed by atoms with Crippen LogP contribution in [0.3, 0.4) is 0 Å². The first kappa shape index (κ1) is 10.1. The van der Waals surface area contributed by atoms with Crippen LogP contribution in [0.4, 0.5) is 5.69 Å². The summed E-state index contributed by atoms with van der Waals surface area (Å²) in [5.41, 5.74) is -0.329. The summed E-state index contributed by atoms with van der Waals surface area (Å²) in [6.07, 6.45) is 1.21. The molecule has 1 aliphatic carbocycles. The molecule has 5 nitrogen and oxygen atoms in total. The van der Waals surface area contributed by atoms with Gasteiger partial charge in [-0.15, -0.1) is 0 Å². The Hall–Kier alpha value is -1.43. The van der Waals surface area contributed by atoms with Crippen molar-refractivity contribution in [1.82, 2.24) is 0 Å². The standard InChI is InChI=1S/C9H9NO4S/c11-10(12)8-3-1-2-4-9(8)15(13,14)7-5-6-7/h1-4,7H,5-6H2. The van der Waals surface area contributed by atoms with E-state index in [0.717, 1.165) is 0 Å². The zero-order valence-electron chi connectivity index (χ0n) is 7.79. The quantitative estimate of drug-likeness (QED) is 0.579. The van der Waals surface area contributed by atoms with Gasteiger partial charge in [-0.2, -0.15) is 0 Å². The van der Waals surface area contributed by atoms with Crippen LogP contribution in [0.25, 0.3) is 0 Å². The minimum atomic E-state index is -3.48. The molecule has 0 aromatic heterocycles. The molecule has 1 aromatic rings. The van der Waals surface area contributed by atoms with E-state index in [-0.39, 0.29) is 10.6 Å². The minimum absolute atomic E-state index is 0.155. The number of nitrogens with zero attached hydrogens (tertiary/aromatic N) is 1. The third kappa shape index (κ3) is 1.72. The van der Waals surface area contributed by atoms with Crippen LogP contribution in [-0.4, -0.2) is 18.6 Å². The molecule has 80 valence electrons. The Bertz CT molecular complexity index is 505. The van der Waals surface area contributed by atoms with E-state index in [1.807, 2.05) is 0 Å². The largest absolute Gasteiger partial charge is 0.287 e. The Labute approximate surface area is 86.8 Å². The van der Waals surface area contributed by atoms with Crippen molar-refractivity contribution in [3.8, 4) is 0 Å². The lowest BCUT2D eigenvalue weighted by Gasteiger charge is -2.02. The molecule has 6 heteroatoms. The van der Waals surface area contributed by atoms with Gasteiger partial charge in [0.1, 0.15) is 4.90 Å². The second-order valence-electron chi connectivity index (χ2n) is 3.47. The Balaban J connectivity index is 2.57. The highest BCUT2D eigenvalue weighted by atomic mass is 32.2. The second-order valence-corrected chi connectivity index (χ2v) is 5.67. The van der Waals surface area contributed by atoms with Gasteiger partial charge >= 0.3 is 0 Å². The number of sulfone groups is 1. The summed E-state index contributed by atoms with van der Waals surface area (Å²) in [4.78, 5) is 9.84. The van der Waals surface area contributed by atoms with Crippen molar-refractivity contribution in [3.05, 3.63) is 34.4 Å². The van der Waals surface area contributed by atoms with Crippen LogP contribution in [0.1, 0.15) is 12.8 Å². The number of benzene rings is 1. The monoisotopic (exact) mass is 227 g/mol. The molecule has 1 fully saturated rings. The number of hydrogen-bond donors (Lipinski definition) is 0. The molecule has 0 spiro atoms. The molecule has 1 aliphatic rings. The van der Waals surface area contributed by atoms with Gasteiger partial charge in [-0.25, -0.2) is 8.42 Å². The molecular formula is C9H9NO4S. The van der Waals surface area contributed by atoms with Gasteiger partial charge in [-0.05, 0) is 18.9 Å². The van der Waals surface area contributed by atoms with Crippen LogP contribution in [0.5, 0.6) is 0 Å². The molecule has 2 rings (SSSR count). The Kier molecular flexibility index (Phi) is 2.22. The molecule has 0 bridgehead atoms. The minimum Gasteiger partial charge on any atom is -0.258 e. The fraction of sp³-hybridized carbons (Fsp3) is 0.333. The smallest absolute Gasteiger partial charge is 0.258 e. The van der Waals surface area contributed by atoms with Gasteiger partial charge < -0.3 is 0 Å². The maximum atomic E-state index is 11.8. The number of hydrogen-bond acceptors (Lipinski definition) is 4. The molecule has 0 atom stereocenters. The van der Waals surface area contributed by atoms with E-state index in [4.69, 9.17) is 0 Å². The van der Waals surface area contributed by atoms with Crippen molar-refractivity contribution in [1.29, 1.82) is 0 Å². The van der Waals surface area contributed by atoms with Crippen LogP contribution in [-0.2, 0) is 9.84 Å². The molecule has 15 heavy (non-hydrogen) atoms. The summed E-state index contributed by atoms with van der Waals surface area (Å²) < 4.78 is 23.6. The summed E-state index contributed by atoms with van der Waals surface area (Å²) in [6, 6.07) is 5.48. The van der Waals surface area contributed by atoms with Crippen LogP contribution in [0, 0.1) is 10.1 Å². The van der Waals surface area contributed by atoms with Gasteiger partial charge in [0.25, 0.3) is 5.69 Å². The third-order valence-corrected chi connectivity index (χ3v) is 4.64. The maximum absolute atomic E-state index is 11.8. The average Bonchev–Trinajstić information content (AvgIpc) is 3.01. The fourth-order valence-corrected chi connectivity index (χ4v) is 3.22. The zero-order chi connectivity index (χ0) is 11.1. The summed E-state index contributed by atoms with van der Waals surface area (Å²) in [5.74, 6) is 0. The first-order valence-electron chi connectivity index (χ1n) is 4.51.